The molecule has 5 nitrogen and oxygen atoms in total. The Hall–Kier alpha value is -1.88. The van der Waals surface area contributed by atoms with Crippen molar-refractivity contribution in [2.24, 2.45) is 0 Å². The van der Waals surface area contributed by atoms with Crippen LogP contribution in [0, 0.1) is 0 Å². The van der Waals surface area contributed by atoms with Crippen molar-refractivity contribution in [3.8, 4) is 0 Å². The molecule has 2 rings (SSSR count). The van der Waals surface area contributed by atoms with Crippen molar-refractivity contribution in [3.05, 3.63) is 46.5 Å². The van der Waals surface area contributed by atoms with Gasteiger partial charge in [0.15, 0.2) is 0 Å². The molecule has 0 fully saturated rings. The van der Waals surface area contributed by atoms with E-state index < -0.39 is 0 Å². The molecule has 0 radical (unpaired) electrons. The number of hydrogen-bond donors (Lipinski definition) is 2. The first-order valence-electron chi connectivity index (χ1n) is 6.57. The zero-order valence-electron chi connectivity index (χ0n) is 11.5. The number of carbonyl (C=O) groups excluding carboxylic acids is 1. The number of aryl methyl sites for hydroxylation is 1. The quantitative estimate of drug-likeness (QED) is 0.890. The smallest absolute Gasteiger partial charge is 0.291 e. The summed E-state index contributed by atoms with van der Waals surface area (Å²) in [7, 11) is 0. The van der Waals surface area contributed by atoms with Crippen molar-refractivity contribution >= 4 is 17.5 Å². The molecule has 20 heavy (non-hydrogen) atoms. The van der Waals surface area contributed by atoms with E-state index in [1.54, 1.807) is 12.1 Å². The Morgan fingerprint density at radius 3 is 2.75 bits per heavy atom. The van der Waals surface area contributed by atoms with E-state index in [2.05, 4.69) is 20.5 Å². The molecule has 1 atom stereocenters. The van der Waals surface area contributed by atoms with E-state index in [1.165, 1.54) is 0 Å². The van der Waals surface area contributed by atoms with E-state index in [0.717, 1.165) is 24.2 Å². The van der Waals surface area contributed by atoms with Gasteiger partial charge in [0.05, 0.1) is 6.04 Å². The zero-order chi connectivity index (χ0) is 14.5. The van der Waals surface area contributed by atoms with Crippen LogP contribution in [0.3, 0.4) is 0 Å². The number of aromatic amines is 1. The first-order valence-corrected chi connectivity index (χ1v) is 6.95. The molecule has 2 N–H and O–H groups in total. The predicted octanol–water partition coefficient (Wildman–Crippen LogP) is 2.90. The highest BCUT2D eigenvalue weighted by Gasteiger charge is 2.15. The van der Waals surface area contributed by atoms with E-state index in [1.807, 2.05) is 26.0 Å². The number of rotatable bonds is 5. The molecule has 1 aromatic carbocycles. The van der Waals surface area contributed by atoms with Crippen LogP contribution in [0.4, 0.5) is 0 Å². The highest BCUT2D eigenvalue weighted by atomic mass is 35.5. The molecule has 0 aliphatic heterocycles. The Morgan fingerprint density at radius 1 is 1.40 bits per heavy atom. The van der Waals surface area contributed by atoms with Gasteiger partial charge in [-0.3, -0.25) is 9.89 Å². The molecule has 0 bridgehead atoms. The molecule has 0 aliphatic rings. The molecule has 0 saturated heterocycles. The second kappa shape index (κ2) is 6.52. The van der Waals surface area contributed by atoms with Crippen LogP contribution in [-0.4, -0.2) is 21.1 Å². The predicted molar refractivity (Wildman–Crippen MR) is 77.7 cm³/mol. The van der Waals surface area contributed by atoms with Crippen LogP contribution in [-0.2, 0) is 6.42 Å². The van der Waals surface area contributed by atoms with Gasteiger partial charge < -0.3 is 5.32 Å². The second-order valence-corrected chi connectivity index (χ2v) is 5.04. The van der Waals surface area contributed by atoms with E-state index in [9.17, 15) is 4.79 Å². The summed E-state index contributed by atoms with van der Waals surface area (Å²) in [5.41, 5.74) is 0.979. The molecule has 1 amide bonds. The zero-order valence-corrected chi connectivity index (χ0v) is 12.2. The number of benzene rings is 1. The van der Waals surface area contributed by atoms with Gasteiger partial charge >= 0.3 is 0 Å². The van der Waals surface area contributed by atoms with Gasteiger partial charge in [-0.1, -0.05) is 30.7 Å². The number of hydrogen-bond acceptors (Lipinski definition) is 3. The van der Waals surface area contributed by atoms with Crippen molar-refractivity contribution in [1.82, 2.24) is 20.5 Å². The normalized spacial score (nSPS) is 12.2. The average molecular weight is 293 g/mol. The van der Waals surface area contributed by atoms with Gasteiger partial charge in [-0.05, 0) is 31.0 Å². The highest BCUT2D eigenvalue weighted by molar-refractivity contribution is 6.30. The maximum absolute atomic E-state index is 12.0. The number of aromatic nitrogens is 3. The van der Waals surface area contributed by atoms with Gasteiger partial charge in [0.25, 0.3) is 5.91 Å². The number of nitrogens with zero attached hydrogens (tertiary/aromatic N) is 2. The van der Waals surface area contributed by atoms with Gasteiger partial charge in [0.1, 0.15) is 5.82 Å². The Kier molecular flexibility index (Phi) is 4.74. The molecule has 1 heterocycles. The largest absolute Gasteiger partial charge is 0.343 e. The number of H-pyrrole nitrogens is 1. The summed E-state index contributed by atoms with van der Waals surface area (Å²) in [4.78, 5) is 16.2. The van der Waals surface area contributed by atoms with E-state index in [0.29, 0.717) is 5.02 Å². The Bertz CT molecular complexity index is 579. The van der Waals surface area contributed by atoms with Gasteiger partial charge in [-0.2, -0.15) is 0 Å². The topological polar surface area (TPSA) is 70.7 Å². The third-order valence-electron chi connectivity index (χ3n) is 2.94. The van der Waals surface area contributed by atoms with Crippen molar-refractivity contribution in [2.45, 2.75) is 32.7 Å². The lowest BCUT2D eigenvalue weighted by atomic mass is 10.1. The lowest BCUT2D eigenvalue weighted by Crippen LogP contribution is -2.27. The average Bonchev–Trinajstić information content (AvgIpc) is 2.88. The molecule has 0 aliphatic carbocycles. The van der Waals surface area contributed by atoms with Crippen molar-refractivity contribution in [2.75, 3.05) is 0 Å². The monoisotopic (exact) mass is 292 g/mol. The van der Waals surface area contributed by atoms with Crippen LogP contribution in [0.2, 0.25) is 5.02 Å². The molecule has 0 saturated carbocycles. The summed E-state index contributed by atoms with van der Waals surface area (Å²) >= 11 is 5.84. The van der Waals surface area contributed by atoms with Gasteiger partial charge in [0.2, 0.25) is 5.82 Å². The maximum atomic E-state index is 12.0. The van der Waals surface area contributed by atoms with Gasteiger partial charge in [0, 0.05) is 11.4 Å². The summed E-state index contributed by atoms with van der Waals surface area (Å²) in [6.45, 7) is 3.95. The fraction of sp³-hybridized carbons (Fsp3) is 0.357. The Labute approximate surface area is 122 Å². The summed E-state index contributed by atoms with van der Waals surface area (Å²) in [5, 5.41) is 10.2. The molecule has 0 spiro atoms. The minimum atomic E-state index is -0.286. The van der Waals surface area contributed by atoms with Crippen molar-refractivity contribution in [1.29, 1.82) is 0 Å². The standard InChI is InChI=1S/C14H17ClN4O/c1-3-4-12-17-13(19-18-12)14(20)16-9(2)10-5-7-11(15)8-6-10/h5-9H,3-4H2,1-2H3,(H,16,20)(H,17,18,19). The number of nitrogens with one attached hydrogen (secondary N) is 2. The summed E-state index contributed by atoms with van der Waals surface area (Å²) in [5.74, 6) is 0.622. The first kappa shape index (κ1) is 14.5. The third kappa shape index (κ3) is 3.57. The van der Waals surface area contributed by atoms with Crippen LogP contribution in [0.15, 0.2) is 24.3 Å². The summed E-state index contributed by atoms with van der Waals surface area (Å²) < 4.78 is 0. The minimum absolute atomic E-state index is 0.132. The molecule has 1 aromatic heterocycles. The lowest BCUT2D eigenvalue weighted by Gasteiger charge is -2.12. The van der Waals surface area contributed by atoms with Crippen LogP contribution in [0.25, 0.3) is 0 Å². The fourth-order valence-corrected chi connectivity index (χ4v) is 1.97. The fourth-order valence-electron chi connectivity index (χ4n) is 1.84. The van der Waals surface area contributed by atoms with Crippen molar-refractivity contribution in [3.63, 3.8) is 0 Å². The number of carbonyl (C=O) groups is 1. The SMILES string of the molecule is CCCc1nc(C(=O)NC(C)c2ccc(Cl)cc2)n[nH]1. The minimum Gasteiger partial charge on any atom is -0.343 e. The van der Waals surface area contributed by atoms with Crippen LogP contribution in [0.1, 0.15) is 48.3 Å². The number of amides is 1. The number of halogens is 1. The van der Waals surface area contributed by atoms with E-state index in [4.69, 9.17) is 11.6 Å². The van der Waals surface area contributed by atoms with Gasteiger partial charge in [-0.15, -0.1) is 5.10 Å². The first-order chi connectivity index (χ1) is 9.60. The third-order valence-corrected chi connectivity index (χ3v) is 3.19. The molecule has 6 heteroatoms. The molecular weight excluding hydrogens is 276 g/mol. The molecule has 2 aromatic rings. The molecule has 1 unspecified atom stereocenters. The van der Waals surface area contributed by atoms with Crippen molar-refractivity contribution < 1.29 is 4.79 Å². The summed E-state index contributed by atoms with van der Waals surface area (Å²) in [6.07, 6.45) is 1.74. The van der Waals surface area contributed by atoms with E-state index >= 15 is 0 Å². The summed E-state index contributed by atoms with van der Waals surface area (Å²) in [6, 6.07) is 7.23. The Morgan fingerprint density at radius 2 is 2.10 bits per heavy atom. The highest BCUT2D eigenvalue weighted by Crippen LogP contribution is 2.16. The second-order valence-electron chi connectivity index (χ2n) is 4.60. The van der Waals surface area contributed by atoms with Crippen LogP contribution in [0.5, 0.6) is 0 Å². The maximum Gasteiger partial charge on any atom is 0.291 e. The van der Waals surface area contributed by atoms with Crippen LogP contribution < -0.4 is 5.32 Å². The van der Waals surface area contributed by atoms with E-state index in [-0.39, 0.29) is 17.8 Å². The van der Waals surface area contributed by atoms with Crippen LogP contribution >= 0.6 is 11.6 Å². The molecule has 106 valence electrons. The molecular formula is C14H17ClN4O. The Balaban J connectivity index is 2.01. The lowest BCUT2D eigenvalue weighted by molar-refractivity contribution is 0.0929. The van der Waals surface area contributed by atoms with Gasteiger partial charge in [-0.25, -0.2) is 4.98 Å².